The molecular weight excluding hydrogens is 428 g/mol. The third-order valence-corrected chi connectivity index (χ3v) is 5.58. The van der Waals surface area contributed by atoms with Crippen LogP contribution in [0.1, 0.15) is 39.8 Å². The number of hydrogen-bond donors (Lipinski definition) is 1. The minimum atomic E-state index is -0.368. The lowest BCUT2D eigenvalue weighted by Crippen LogP contribution is -2.16. The van der Waals surface area contributed by atoms with E-state index in [2.05, 4.69) is 11.4 Å². The van der Waals surface area contributed by atoms with E-state index in [0.717, 1.165) is 22.4 Å². The molecule has 0 fully saturated rings. The van der Waals surface area contributed by atoms with Crippen LogP contribution in [0, 0.1) is 11.3 Å². The summed E-state index contributed by atoms with van der Waals surface area (Å²) in [6.07, 6.45) is 0.662. The van der Waals surface area contributed by atoms with Gasteiger partial charge >= 0.3 is 5.97 Å². The average Bonchev–Trinajstić information content (AvgIpc) is 3.14. The molecule has 1 amide bonds. The van der Waals surface area contributed by atoms with Crippen molar-refractivity contribution in [1.29, 1.82) is 5.26 Å². The Bertz CT molecular complexity index is 1400. The second-order valence-electron chi connectivity index (χ2n) is 7.87. The number of hydrogen-bond acceptors (Lipinski definition) is 5. The summed E-state index contributed by atoms with van der Waals surface area (Å²) >= 11 is 0. The molecule has 1 heterocycles. The summed E-state index contributed by atoms with van der Waals surface area (Å²) in [5.41, 5.74) is 5.06. The highest BCUT2D eigenvalue weighted by Gasteiger charge is 2.16. The van der Waals surface area contributed by atoms with Gasteiger partial charge in [-0.2, -0.15) is 5.26 Å². The van der Waals surface area contributed by atoms with E-state index in [1.807, 2.05) is 41.9 Å². The lowest BCUT2D eigenvalue weighted by Gasteiger charge is -2.10. The number of aromatic nitrogens is 2. The summed E-state index contributed by atoms with van der Waals surface area (Å²) < 4.78 is 7.04. The molecule has 7 nitrogen and oxygen atoms in total. The fourth-order valence-electron chi connectivity index (χ4n) is 3.83. The number of nitrogens with zero attached hydrogens (tertiary/aromatic N) is 3. The second-order valence-corrected chi connectivity index (χ2v) is 7.87. The van der Waals surface area contributed by atoms with Gasteiger partial charge in [0.2, 0.25) is 0 Å². The van der Waals surface area contributed by atoms with Crippen LogP contribution in [-0.4, -0.2) is 28.0 Å². The van der Waals surface area contributed by atoms with Crippen LogP contribution in [0.2, 0.25) is 0 Å². The van der Waals surface area contributed by atoms with Crippen LogP contribution in [0.3, 0.4) is 0 Å². The molecule has 0 bridgehead atoms. The van der Waals surface area contributed by atoms with Crippen molar-refractivity contribution in [2.75, 3.05) is 11.9 Å². The summed E-state index contributed by atoms with van der Waals surface area (Å²) in [5, 5.41) is 11.9. The first-order valence-corrected chi connectivity index (χ1v) is 11.0. The number of imidazole rings is 1. The Hall–Kier alpha value is -4.44. The van der Waals surface area contributed by atoms with Crippen molar-refractivity contribution in [2.45, 2.75) is 19.8 Å². The summed E-state index contributed by atoms with van der Waals surface area (Å²) in [4.78, 5) is 29.6. The lowest BCUT2D eigenvalue weighted by atomic mass is 10.0. The normalized spacial score (nSPS) is 10.6. The van der Waals surface area contributed by atoms with Crippen molar-refractivity contribution >= 4 is 28.6 Å². The van der Waals surface area contributed by atoms with E-state index in [0.29, 0.717) is 35.4 Å². The van der Waals surface area contributed by atoms with Gasteiger partial charge in [-0.3, -0.25) is 9.59 Å². The molecule has 34 heavy (non-hydrogen) atoms. The van der Waals surface area contributed by atoms with Crippen molar-refractivity contribution in [3.8, 4) is 6.07 Å². The highest BCUT2D eigenvalue weighted by atomic mass is 16.5. The smallest absolute Gasteiger partial charge is 0.310 e. The number of aryl methyl sites for hydroxylation is 1. The van der Waals surface area contributed by atoms with E-state index in [1.54, 1.807) is 43.3 Å². The molecule has 0 aliphatic heterocycles. The van der Waals surface area contributed by atoms with Crippen LogP contribution in [0.5, 0.6) is 0 Å². The number of carbonyl (C=O) groups excluding carboxylic acids is 2. The van der Waals surface area contributed by atoms with E-state index in [9.17, 15) is 9.59 Å². The molecule has 0 atom stereocenters. The summed E-state index contributed by atoms with van der Waals surface area (Å²) in [7, 11) is 1.96. The van der Waals surface area contributed by atoms with Gasteiger partial charge in [0.05, 0.1) is 35.7 Å². The molecule has 0 saturated heterocycles. The van der Waals surface area contributed by atoms with E-state index in [-0.39, 0.29) is 18.3 Å². The Morgan fingerprint density at radius 1 is 1.09 bits per heavy atom. The molecule has 170 valence electrons. The molecule has 0 unspecified atom stereocenters. The van der Waals surface area contributed by atoms with Crippen molar-refractivity contribution < 1.29 is 14.3 Å². The number of ether oxygens (including phenoxy) is 1. The number of benzene rings is 3. The van der Waals surface area contributed by atoms with Crippen LogP contribution >= 0.6 is 0 Å². The molecule has 0 radical (unpaired) electrons. The molecule has 0 saturated carbocycles. The quantitative estimate of drug-likeness (QED) is 0.420. The average molecular weight is 453 g/mol. The summed E-state index contributed by atoms with van der Waals surface area (Å²) in [6.45, 7) is 2.05. The van der Waals surface area contributed by atoms with Gasteiger partial charge < -0.3 is 14.6 Å². The number of nitriles is 1. The molecule has 4 aromatic rings. The number of esters is 1. The Labute approximate surface area is 197 Å². The largest absolute Gasteiger partial charge is 0.466 e. The Morgan fingerprint density at radius 2 is 1.85 bits per heavy atom. The molecule has 0 aliphatic rings. The third kappa shape index (κ3) is 4.97. The Kier molecular flexibility index (Phi) is 6.69. The van der Waals surface area contributed by atoms with Gasteiger partial charge in [0.1, 0.15) is 5.82 Å². The van der Waals surface area contributed by atoms with Crippen LogP contribution in [0.25, 0.3) is 11.0 Å². The van der Waals surface area contributed by atoms with E-state index >= 15 is 0 Å². The first-order chi connectivity index (χ1) is 16.5. The second kappa shape index (κ2) is 10.0. The van der Waals surface area contributed by atoms with Crippen LogP contribution in [-0.2, 0) is 29.4 Å². The van der Waals surface area contributed by atoms with Crippen LogP contribution < -0.4 is 5.32 Å². The minimum absolute atomic E-state index is 0.0371. The maximum atomic E-state index is 13.0. The molecule has 3 aromatic carbocycles. The molecule has 1 N–H and O–H groups in total. The van der Waals surface area contributed by atoms with Crippen molar-refractivity contribution in [2.24, 2.45) is 7.05 Å². The Balaban J connectivity index is 1.54. The van der Waals surface area contributed by atoms with Gasteiger partial charge in [0.25, 0.3) is 5.91 Å². The number of anilines is 1. The number of fused-ring (bicyclic) bond motifs is 1. The van der Waals surface area contributed by atoms with E-state index < -0.39 is 0 Å². The SMILES string of the molecule is CCOC(=O)Cc1ccccc1C(=O)Nc1ccc2c(c1)nc(Cc1ccc(C#N)cc1)n2C. The highest BCUT2D eigenvalue weighted by molar-refractivity contribution is 6.06. The first kappa shape index (κ1) is 22.7. The van der Waals surface area contributed by atoms with Crippen molar-refractivity contribution in [1.82, 2.24) is 9.55 Å². The van der Waals surface area contributed by atoms with E-state index in [4.69, 9.17) is 15.0 Å². The number of nitrogens with one attached hydrogen (secondary N) is 1. The zero-order chi connectivity index (χ0) is 24.1. The molecule has 4 rings (SSSR count). The van der Waals surface area contributed by atoms with Gasteiger partial charge in [-0.1, -0.05) is 30.3 Å². The van der Waals surface area contributed by atoms with Gasteiger partial charge in [0.15, 0.2) is 0 Å². The van der Waals surface area contributed by atoms with Gasteiger partial charge in [0, 0.05) is 24.7 Å². The first-order valence-electron chi connectivity index (χ1n) is 11.0. The minimum Gasteiger partial charge on any atom is -0.466 e. The third-order valence-electron chi connectivity index (χ3n) is 5.58. The topological polar surface area (TPSA) is 97.0 Å². The number of rotatable bonds is 7. The molecule has 1 aromatic heterocycles. The fraction of sp³-hybridized carbons (Fsp3) is 0.185. The fourth-order valence-corrected chi connectivity index (χ4v) is 3.83. The monoisotopic (exact) mass is 452 g/mol. The number of carbonyl (C=O) groups is 2. The van der Waals surface area contributed by atoms with Gasteiger partial charge in [-0.25, -0.2) is 4.98 Å². The summed E-state index contributed by atoms with van der Waals surface area (Å²) in [5.74, 6) is 0.211. The van der Waals surface area contributed by atoms with Crippen molar-refractivity contribution in [3.05, 3.63) is 94.8 Å². The van der Waals surface area contributed by atoms with Gasteiger partial charge in [-0.05, 0) is 54.4 Å². The number of amides is 1. The lowest BCUT2D eigenvalue weighted by molar-refractivity contribution is -0.142. The highest BCUT2D eigenvalue weighted by Crippen LogP contribution is 2.22. The Morgan fingerprint density at radius 3 is 2.59 bits per heavy atom. The van der Waals surface area contributed by atoms with Crippen LogP contribution in [0.4, 0.5) is 5.69 Å². The zero-order valence-electron chi connectivity index (χ0n) is 19.0. The zero-order valence-corrected chi connectivity index (χ0v) is 19.0. The molecular formula is C27H24N4O3. The van der Waals surface area contributed by atoms with Crippen LogP contribution in [0.15, 0.2) is 66.7 Å². The molecule has 7 heteroatoms. The standard InChI is InChI=1S/C27H24N4O3/c1-3-34-26(32)15-20-6-4-5-7-22(20)27(33)29-21-12-13-24-23(16-21)30-25(31(24)2)14-18-8-10-19(17-28)11-9-18/h4-13,16H,3,14-15H2,1-2H3,(H,29,33). The van der Waals surface area contributed by atoms with E-state index in [1.165, 1.54) is 0 Å². The van der Waals surface area contributed by atoms with Crippen molar-refractivity contribution in [3.63, 3.8) is 0 Å². The predicted octanol–water partition coefficient (Wildman–Crippen LogP) is 4.39. The molecule has 0 spiro atoms. The summed E-state index contributed by atoms with van der Waals surface area (Å²) in [6, 6.07) is 22.2. The maximum Gasteiger partial charge on any atom is 0.310 e. The molecule has 0 aliphatic carbocycles. The van der Waals surface area contributed by atoms with Gasteiger partial charge in [-0.15, -0.1) is 0 Å². The predicted molar refractivity (Wildman–Crippen MR) is 129 cm³/mol. The maximum absolute atomic E-state index is 13.0.